The van der Waals surface area contributed by atoms with E-state index in [0.717, 1.165) is 37.7 Å². The van der Waals surface area contributed by atoms with Gasteiger partial charge in [0.15, 0.2) is 0 Å². The molecule has 21 heavy (non-hydrogen) atoms. The predicted octanol–water partition coefficient (Wildman–Crippen LogP) is 2.43. The molecule has 2 saturated heterocycles. The second-order valence-corrected chi connectivity index (χ2v) is 6.32. The molecule has 3 heterocycles. The molecular formula is C17H21N3O. The molecule has 1 N–H and O–H groups in total. The van der Waals surface area contributed by atoms with Crippen molar-refractivity contribution < 1.29 is 4.74 Å². The lowest BCUT2D eigenvalue weighted by Gasteiger charge is -2.24. The van der Waals surface area contributed by atoms with Crippen molar-refractivity contribution in [3.63, 3.8) is 0 Å². The summed E-state index contributed by atoms with van der Waals surface area (Å²) in [5.41, 5.74) is 0.461. The first-order chi connectivity index (χ1) is 10.3. The number of aromatic nitrogens is 1. The van der Waals surface area contributed by atoms with Crippen molar-refractivity contribution in [1.82, 2.24) is 10.3 Å². The third-order valence-electron chi connectivity index (χ3n) is 5.02. The fourth-order valence-corrected chi connectivity index (χ4v) is 3.77. The quantitative estimate of drug-likeness (QED) is 0.918. The van der Waals surface area contributed by atoms with Gasteiger partial charge < -0.3 is 15.0 Å². The Balaban J connectivity index is 1.73. The topological polar surface area (TPSA) is 37.4 Å². The molecule has 2 fully saturated rings. The van der Waals surface area contributed by atoms with E-state index in [2.05, 4.69) is 33.4 Å². The monoisotopic (exact) mass is 283 g/mol. The smallest absolute Gasteiger partial charge is 0.136 e. The Hall–Kier alpha value is -1.81. The second kappa shape index (κ2) is 4.88. The number of fused-ring (bicyclic) bond motifs is 1. The Morgan fingerprint density at radius 1 is 1.29 bits per heavy atom. The highest BCUT2D eigenvalue weighted by atomic mass is 16.5. The lowest BCUT2D eigenvalue weighted by Crippen LogP contribution is -2.29. The number of rotatable bonds is 2. The molecule has 4 heteroatoms. The Morgan fingerprint density at radius 3 is 3.05 bits per heavy atom. The highest BCUT2D eigenvalue weighted by Crippen LogP contribution is 2.39. The van der Waals surface area contributed by atoms with Gasteiger partial charge in [0.2, 0.25) is 0 Å². The maximum atomic E-state index is 5.38. The number of methoxy groups -OCH3 is 1. The molecule has 0 radical (unpaired) electrons. The summed E-state index contributed by atoms with van der Waals surface area (Å²) in [5, 5.41) is 5.94. The van der Waals surface area contributed by atoms with E-state index in [0.29, 0.717) is 5.41 Å². The number of anilines is 1. The predicted molar refractivity (Wildman–Crippen MR) is 85.0 cm³/mol. The van der Waals surface area contributed by atoms with Crippen molar-refractivity contribution in [3.8, 4) is 5.75 Å². The van der Waals surface area contributed by atoms with Crippen LogP contribution in [0.3, 0.4) is 0 Å². The number of ether oxygens (including phenoxy) is 1. The maximum absolute atomic E-state index is 5.38. The van der Waals surface area contributed by atoms with Crippen LogP contribution in [0.2, 0.25) is 0 Å². The lowest BCUT2D eigenvalue weighted by molar-refractivity contribution is 0.369. The van der Waals surface area contributed by atoms with Crippen LogP contribution in [0.5, 0.6) is 5.75 Å². The van der Waals surface area contributed by atoms with E-state index >= 15 is 0 Å². The normalized spacial score (nSPS) is 25.1. The molecule has 110 valence electrons. The van der Waals surface area contributed by atoms with E-state index in [9.17, 15) is 0 Å². The van der Waals surface area contributed by atoms with Gasteiger partial charge in [-0.2, -0.15) is 0 Å². The Bertz CT molecular complexity index is 664. The molecule has 1 unspecified atom stereocenters. The summed E-state index contributed by atoms with van der Waals surface area (Å²) in [4.78, 5) is 7.12. The second-order valence-electron chi connectivity index (χ2n) is 6.32. The van der Waals surface area contributed by atoms with E-state index in [1.807, 2.05) is 12.3 Å². The molecule has 1 aromatic carbocycles. The summed E-state index contributed by atoms with van der Waals surface area (Å²) in [5.74, 6) is 2.00. The van der Waals surface area contributed by atoms with Crippen LogP contribution in [-0.4, -0.2) is 38.3 Å². The Kier molecular flexibility index (Phi) is 3.00. The first kappa shape index (κ1) is 12.9. The van der Waals surface area contributed by atoms with Crippen LogP contribution < -0.4 is 15.0 Å². The van der Waals surface area contributed by atoms with Gasteiger partial charge >= 0.3 is 0 Å². The number of hydrogen-bond acceptors (Lipinski definition) is 4. The van der Waals surface area contributed by atoms with Gasteiger partial charge in [0.25, 0.3) is 0 Å². The number of nitrogens with zero attached hydrogens (tertiary/aromatic N) is 2. The summed E-state index contributed by atoms with van der Waals surface area (Å²) in [6, 6.07) is 8.30. The van der Waals surface area contributed by atoms with Crippen LogP contribution in [0.4, 0.5) is 5.82 Å². The standard InChI is InChI=1S/C17H21N3O/c1-21-14-3-2-13-4-7-19-16(15(13)10-14)20-9-6-17(12-20)5-8-18-11-17/h2-4,7,10,18H,5-6,8-9,11-12H2,1H3. The van der Waals surface area contributed by atoms with Crippen LogP contribution in [0.1, 0.15) is 12.8 Å². The average molecular weight is 283 g/mol. The third-order valence-corrected chi connectivity index (χ3v) is 5.02. The molecule has 2 aromatic rings. The maximum Gasteiger partial charge on any atom is 0.136 e. The van der Waals surface area contributed by atoms with Gasteiger partial charge in [0.05, 0.1) is 7.11 Å². The summed E-state index contributed by atoms with van der Waals surface area (Å²) >= 11 is 0. The van der Waals surface area contributed by atoms with Crippen molar-refractivity contribution >= 4 is 16.6 Å². The fourth-order valence-electron chi connectivity index (χ4n) is 3.77. The van der Waals surface area contributed by atoms with Crippen LogP contribution in [0.15, 0.2) is 30.5 Å². The summed E-state index contributed by atoms with van der Waals surface area (Å²) in [6.07, 6.45) is 4.47. The lowest BCUT2D eigenvalue weighted by atomic mass is 9.86. The van der Waals surface area contributed by atoms with Crippen molar-refractivity contribution in [2.24, 2.45) is 5.41 Å². The minimum atomic E-state index is 0.461. The zero-order chi connectivity index (χ0) is 14.3. The number of nitrogens with one attached hydrogen (secondary N) is 1. The first-order valence-corrected chi connectivity index (χ1v) is 7.68. The largest absolute Gasteiger partial charge is 0.497 e. The van der Waals surface area contributed by atoms with Crippen molar-refractivity contribution in [3.05, 3.63) is 30.5 Å². The first-order valence-electron chi connectivity index (χ1n) is 7.68. The minimum Gasteiger partial charge on any atom is -0.497 e. The average Bonchev–Trinajstić information content (AvgIpc) is 3.16. The van der Waals surface area contributed by atoms with Gasteiger partial charge in [-0.15, -0.1) is 0 Å². The van der Waals surface area contributed by atoms with Crippen LogP contribution in [0, 0.1) is 5.41 Å². The third kappa shape index (κ3) is 2.14. The van der Waals surface area contributed by atoms with E-state index in [1.165, 1.54) is 23.6 Å². The SMILES string of the molecule is COc1ccc2ccnc(N3CCC4(CCNC4)C3)c2c1. The molecule has 0 aliphatic carbocycles. The zero-order valence-electron chi connectivity index (χ0n) is 12.4. The molecule has 0 amide bonds. The van der Waals surface area contributed by atoms with E-state index in [1.54, 1.807) is 7.11 Å². The molecule has 4 nitrogen and oxygen atoms in total. The van der Waals surface area contributed by atoms with Crippen LogP contribution >= 0.6 is 0 Å². The number of hydrogen-bond donors (Lipinski definition) is 1. The zero-order valence-corrected chi connectivity index (χ0v) is 12.4. The molecule has 1 atom stereocenters. The molecule has 0 saturated carbocycles. The van der Waals surface area contributed by atoms with Gasteiger partial charge in [-0.3, -0.25) is 0 Å². The van der Waals surface area contributed by atoms with Crippen molar-refractivity contribution in [1.29, 1.82) is 0 Å². The Morgan fingerprint density at radius 2 is 2.24 bits per heavy atom. The fraction of sp³-hybridized carbons (Fsp3) is 0.471. The van der Waals surface area contributed by atoms with Gasteiger partial charge in [0, 0.05) is 36.6 Å². The molecule has 0 bridgehead atoms. The summed E-state index contributed by atoms with van der Waals surface area (Å²) < 4.78 is 5.38. The Labute approximate surface area is 125 Å². The van der Waals surface area contributed by atoms with E-state index in [-0.39, 0.29) is 0 Å². The summed E-state index contributed by atoms with van der Waals surface area (Å²) in [6.45, 7) is 4.52. The van der Waals surface area contributed by atoms with Crippen LogP contribution in [-0.2, 0) is 0 Å². The van der Waals surface area contributed by atoms with Gasteiger partial charge in [0.1, 0.15) is 11.6 Å². The molecular weight excluding hydrogens is 262 g/mol. The van der Waals surface area contributed by atoms with E-state index in [4.69, 9.17) is 4.74 Å². The van der Waals surface area contributed by atoms with Crippen molar-refractivity contribution in [2.45, 2.75) is 12.8 Å². The van der Waals surface area contributed by atoms with E-state index < -0.39 is 0 Å². The van der Waals surface area contributed by atoms with Crippen LogP contribution in [0.25, 0.3) is 10.8 Å². The highest BCUT2D eigenvalue weighted by molar-refractivity contribution is 5.93. The molecule has 2 aliphatic rings. The highest BCUT2D eigenvalue weighted by Gasteiger charge is 2.40. The van der Waals surface area contributed by atoms with Gasteiger partial charge in [-0.1, -0.05) is 6.07 Å². The summed E-state index contributed by atoms with van der Waals surface area (Å²) in [7, 11) is 1.71. The minimum absolute atomic E-state index is 0.461. The van der Waals surface area contributed by atoms with Gasteiger partial charge in [-0.05, 0) is 43.0 Å². The molecule has 2 aliphatic heterocycles. The molecule has 1 aromatic heterocycles. The molecule has 4 rings (SSSR count). The number of pyridine rings is 1. The van der Waals surface area contributed by atoms with Gasteiger partial charge in [-0.25, -0.2) is 4.98 Å². The number of benzene rings is 1. The molecule has 1 spiro atoms. The van der Waals surface area contributed by atoms with Crippen molar-refractivity contribution in [2.75, 3.05) is 38.2 Å².